The van der Waals surface area contributed by atoms with E-state index in [0.717, 1.165) is 5.56 Å². The summed E-state index contributed by atoms with van der Waals surface area (Å²) in [5.41, 5.74) is 10.9. The van der Waals surface area contributed by atoms with Crippen molar-refractivity contribution in [2.45, 2.75) is 19.3 Å². The van der Waals surface area contributed by atoms with E-state index in [4.69, 9.17) is 17.1 Å². The van der Waals surface area contributed by atoms with E-state index >= 15 is 0 Å². The SMILES string of the molecule is Cc1ccc(C(=O)CC(c2cc(Cl)ccc2N=[N+]=[N-])C(C#N)C#N)cc1. The number of benzene rings is 2. The van der Waals surface area contributed by atoms with Gasteiger partial charge in [0.25, 0.3) is 0 Å². The van der Waals surface area contributed by atoms with Gasteiger partial charge in [0.15, 0.2) is 5.78 Å². The Morgan fingerprint density at radius 3 is 2.46 bits per heavy atom. The van der Waals surface area contributed by atoms with E-state index in [-0.39, 0.29) is 17.9 Å². The van der Waals surface area contributed by atoms with Crippen LogP contribution in [0, 0.1) is 35.5 Å². The predicted molar refractivity (Wildman–Crippen MR) is 97.8 cm³/mol. The van der Waals surface area contributed by atoms with Crippen LogP contribution in [0.25, 0.3) is 10.4 Å². The molecule has 0 amide bonds. The molecule has 0 fully saturated rings. The van der Waals surface area contributed by atoms with Crippen LogP contribution in [-0.4, -0.2) is 5.78 Å². The molecule has 128 valence electrons. The maximum atomic E-state index is 12.7. The Balaban J connectivity index is 2.48. The second kappa shape index (κ2) is 8.69. The largest absolute Gasteiger partial charge is 0.294 e. The molecular formula is C19H14ClN5O. The Morgan fingerprint density at radius 1 is 1.23 bits per heavy atom. The third-order valence-corrected chi connectivity index (χ3v) is 4.24. The van der Waals surface area contributed by atoms with Crippen LogP contribution in [0.2, 0.25) is 5.02 Å². The molecule has 0 saturated heterocycles. The van der Waals surface area contributed by atoms with Gasteiger partial charge in [-0.1, -0.05) is 52.6 Å². The first kappa shape index (κ1) is 19.0. The summed E-state index contributed by atoms with van der Waals surface area (Å²) in [5, 5.41) is 22.7. The number of Topliss-reactive ketones (excluding diaryl/α,β-unsaturated/α-hetero) is 1. The number of hydrogen-bond donors (Lipinski definition) is 0. The van der Waals surface area contributed by atoms with E-state index in [1.165, 1.54) is 12.1 Å². The third kappa shape index (κ3) is 4.40. The molecule has 6 nitrogen and oxygen atoms in total. The minimum Gasteiger partial charge on any atom is -0.294 e. The molecule has 0 aliphatic carbocycles. The molecule has 0 N–H and O–H groups in total. The van der Waals surface area contributed by atoms with Crippen LogP contribution in [0.1, 0.15) is 33.8 Å². The quantitative estimate of drug-likeness (QED) is 0.287. The first-order valence-electron chi connectivity index (χ1n) is 7.73. The molecule has 0 bridgehead atoms. The van der Waals surface area contributed by atoms with Crippen molar-refractivity contribution < 1.29 is 4.79 Å². The van der Waals surface area contributed by atoms with Crippen LogP contribution in [0.15, 0.2) is 47.6 Å². The van der Waals surface area contributed by atoms with Gasteiger partial charge in [-0.3, -0.25) is 4.79 Å². The van der Waals surface area contributed by atoms with Gasteiger partial charge in [-0.25, -0.2) is 0 Å². The highest BCUT2D eigenvalue weighted by Gasteiger charge is 2.28. The van der Waals surface area contributed by atoms with E-state index in [2.05, 4.69) is 10.0 Å². The fourth-order valence-electron chi connectivity index (χ4n) is 2.63. The van der Waals surface area contributed by atoms with Gasteiger partial charge in [-0.05, 0) is 30.2 Å². The van der Waals surface area contributed by atoms with Crippen LogP contribution in [0.3, 0.4) is 0 Å². The van der Waals surface area contributed by atoms with Crippen molar-refractivity contribution in [2.75, 3.05) is 0 Å². The highest BCUT2D eigenvalue weighted by atomic mass is 35.5. The molecule has 26 heavy (non-hydrogen) atoms. The number of nitrogens with zero attached hydrogens (tertiary/aromatic N) is 5. The van der Waals surface area contributed by atoms with Gasteiger partial charge in [0.2, 0.25) is 0 Å². The second-order valence-corrected chi connectivity index (χ2v) is 6.16. The van der Waals surface area contributed by atoms with Gasteiger partial charge >= 0.3 is 0 Å². The molecule has 0 saturated carbocycles. The Bertz CT molecular complexity index is 935. The van der Waals surface area contributed by atoms with E-state index in [9.17, 15) is 15.3 Å². The molecule has 2 aromatic carbocycles. The number of rotatable bonds is 6. The van der Waals surface area contributed by atoms with Gasteiger partial charge in [0.1, 0.15) is 5.92 Å². The number of ketones is 1. The molecule has 0 aromatic heterocycles. The Labute approximate surface area is 155 Å². The summed E-state index contributed by atoms with van der Waals surface area (Å²) in [6.07, 6.45) is -0.0802. The molecule has 7 heteroatoms. The molecule has 1 unspecified atom stereocenters. The normalized spacial score (nSPS) is 11.1. The van der Waals surface area contributed by atoms with Crippen molar-refractivity contribution in [3.05, 3.63) is 74.6 Å². The zero-order valence-corrected chi connectivity index (χ0v) is 14.7. The second-order valence-electron chi connectivity index (χ2n) is 5.73. The van der Waals surface area contributed by atoms with Gasteiger partial charge in [0, 0.05) is 33.5 Å². The van der Waals surface area contributed by atoms with Crippen molar-refractivity contribution in [2.24, 2.45) is 11.0 Å². The van der Waals surface area contributed by atoms with E-state index < -0.39 is 11.8 Å². The fourth-order valence-corrected chi connectivity index (χ4v) is 2.82. The predicted octanol–water partition coefficient (Wildman–Crippen LogP) is 5.61. The Hall–Kier alpha value is -3.31. The van der Waals surface area contributed by atoms with Crippen LogP contribution >= 0.6 is 11.6 Å². The molecule has 0 radical (unpaired) electrons. The number of aryl methyl sites for hydroxylation is 1. The van der Waals surface area contributed by atoms with Crippen molar-refractivity contribution >= 4 is 23.1 Å². The topological polar surface area (TPSA) is 113 Å². The van der Waals surface area contributed by atoms with Crippen LogP contribution in [-0.2, 0) is 0 Å². The van der Waals surface area contributed by atoms with E-state index in [0.29, 0.717) is 16.1 Å². The molecule has 2 aromatic rings. The van der Waals surface area contributed by atoms with E-state index in [1.807, 2.05) is 31.2 Å². The lowest BCUT2D eigenvalue weighted by Crippen LogP contribution is -2.15. The maximum absolute atomic E-state index is 12.7. The lowest BCUT2D eigenvalue weighted by Gasteiger charge is -2.19. The first-order valence-corrected chi connectivity index (χ1v) is 8.11. The smallest absolute Gasteiger partial charge is 0.163 e. The zero-order valence-electron chi connectivity index (χ0n) is 13.9. The fraction of sp³-hybridized carbons (Fsp3) is 0.211. The molecular weight excluding hydrogens is 350 g/mol. The highest BCUT2D eigenvalue weighted by molar-refractivity contribution is 6.30. The van der Waals surface area contributed by atoms with Gasteiger partial charge in [-0.15, -0.1) is 0 Å². The number of azide groups is 1. The van der Waals surface area contributed by atoms with Crippen molar-refractivity contribution in [3.8, 4) is 12.1 Å². The van der Waals surface area contributed by atoms with Crippen molar-refractivity contribution in [3.63, 3.8) is 0 Å². The zero-order chi connectivity index (χ0) is 19.1. The summed E-state index contributed by atoms with van der Waals surface area (Å²) in [6, 6.07) is 15.4. The minimum atomic E-state index is -1.09. The maximum Gasteiger partial charge on any atom is 0.163 e. The standard InChI is InChI=1S/C19H14ClN5O/c1-12-2-4-13(5-3-12)19(26)9-16(14(10-21)11-22)17-8-15(20)6-7-18(17)24-25-23/h2-8,14,16H,9H2,1H3. The lowest BCUT2D eigenvalue weighted by molar-refractivity contribution is 0.0971. The van der Waals surface area contributed by atoms with Crippen molar-refractivity contribution in [1.82, 2.24) is 0 Å². The van der Waals surface area contributed by atoms with Gasteiger partial charge in [0.05, 0.1) is 12.1 Å². The average Bonchev–Trinajstić information content (AvgIpc) is 2.64. The highest BCUT2D eigenvalue weighted by Crippen LogP contribution is 2.37. The van der Waals surface area contributed by atoms with Crippen LogP contribution in [0.4, 0.5) is 5.69 Å². The number of hydrogen-bond acceptors (Lipinski definition) is 4. The minimum absolute atomic E-state index is 0.0802. The van der Waals surface area contributed by atoms with E-state index in [1.54, 1.807) is 18.2 Å². The molecule has 1 atom stereocenters. The monoisotopic (exact) mass is 363 g/mol. The summed E-state index contributed by atoms with van der Waals surface area (Å²) < 4.78 is 0. The number of carbonyl (C=O) groups excluding carboxylic acids is 1. The number of nitriles is 2. The summed E-state index contributed by atoms with van der Waals surface area (Å²) >= 11 is 6.04. The Morgan fingerprint density at radius 2 is 1.88 bits per heavy atom. The summed E-state index contributed by atoms with van der Waals surface area (Å²) in [4.78, 5) is 15.4. The molecule has 0 aliphatic rings. The Kier molecular flexibility index (Phi) is 6.36. The number of halogens is 1. The van der Waals surface area contributed by atoms with Crippen LogP contribution < -0.4 is 0 Å². The van der Waals surface area contributed by atoms with Crippen molar-refractivity contribution in [1.29, 1.82) is 10.5 Å². The first-order chi connectivity index (χ1) is 12.5. The summed E-state index contributed by atoms with van der Waals surface area (Å²) in [5.74, 6) is -2.06. The van der Waals surface area contributed by atoms with Crippen LogP contribution in [0.5, 0.6) is 0 Å². The summed E-state index contributed by atoms with van der Waals surface area (Å²) in [7, 11) is 0. The molecule has 0 aliphatic heterocycles. The molecule has 0 heterocycles. The summed E-state index contributed by atoms with van der Waals surface area (Å²) in [6.45, 7) is 1.91. The third-order valence-electron chi connectivity index (χ3n) is 4.00. The van der Waals surface area contributed by atoms with Gasteiger partial charge < -0.3 is 0 Å². The molecule has 2 rings (SSSR count). The molecule has 0 spiro atoms. The average molecular weight is 364 g/mol. The number of carbonyl (C=O) groups is 1. The lowest BCUT2D eigenvalue weighted by atomic mass is 9.82. The van der Waals surface area contributed by atoms with Gasteiger partial charge in [-0.2, -0.15) is 10.5 Å².